The largest absolute Gasteiger partial charge is 0.504 e. The van der Waals surface area contributed by atoms with E-state index < -0.39 is 0 Å². The number of nitrogens with one attached hydrogen (secondary N) is 1. The molecule has 1 atom stereocenters. The van der Waals surface area contributed by atoms with E-state index >= 15 is 0 Å². The summed E-state index contributed by atoms with van der Waals surface area (Å²) < 4.78 is 10.0. The van der Waals surface area contributed by atoms with E-state index in [9.17, 15) is 9.90 Å². The highest BCUT2D eigenvalue weighted by atomic mass is 16.5. The lowest BCUT2D eigenvalue weighted by Gasteiger charge is -2.27. The van der Waals surface area contributed by atoms with Gasteiger partial charge < -0.3 is 19.9 Å². The SMILES string of the molecule is CC.COC(=O)CC(CC1CCNCC1)c1ccc(O)c(OC)c1. The van der Waals surface area contributed by atoms with E-state index in [0.29, 0.717) is 18.1 Å². The zero-order valence-corrected chi connectivity index (χ0v) is 15.3. The van der Waals surface area contributed by atoms with Crippen LogP contribution >= 0.6 is 0 Å². The zero-order valence-electron chi connectivity index (χ0n) is 15.3. The van der Waals surface area contributed by atoms with E-state index in [0.717, 1.165) is 37.9 Å². The number of phenolic OH excluding ortho intramolecular Hbond substituents is 1. The van der Waals surface area contributed by atoms with Gasteiger partial charge in [-0.3, -0.25) is 4.79 Å². The molecule has 136 valence electrons. The standard InChI is InChI=1S/C17H25NO4.C2H6/c1-21-16-10-13(3-4-15(16)19)14(11-17(20)22-2)9-12-5-7-18-8-6-12;1-2/h3-4,10,12,14,18-19H,5-9,11H2,1-2H3;1-2H3. The molecule has 0 radical (unpaired) electrons. The summed E-state index contributed by atoms with van der Waals surface area (Å²) in [7, 11) is 2.95. The Morgan fingerprint density at radius 2 is 1.96 bits per heavy atom. The van der Waals surface area contributed by atoms with Crippen molar-refractivity contribution in [2.45, 2.75) is 45.4 Å². The molecule has 2 rings (SSSR count). The van der Waals surface area contributed by atoms with Crippen LogP contribution in [0.25, 0.3) is 0 Å². The normalized spacial score (nSPS) is 15.8. The van der Waals surface area contributed by atoms with Gasteiger partial charge in [0.25, 0.3) is 0 Å². The van der Waals surface area contributed by atoms with Crippen LogP contribution in [-0.4, -0.2) is 38.4 Å². The van der Waals surface area contributed by atoms with Crippen molar-refractivity contribution in [2.75, 3.05) is 27.3 Å². The second-order valence-electron chi connectivity index (χ2n) is 5.84. The van der Waals surface area contributed by atoms with Gasteiger partial charge in [-0.2, -0.15) is 0 Å². The summed E-state index contributed by atoms with van der Waals surface area (Å²) in [5.41, 5.74) is 1.01. The van der Waals surface area contributed by atoms with Crippen molar-refractivity contribution in [3.8, 4) is 11.5 Å². The van der Waals surface area contributed by atoms with Crippen LogP contribution in [0.2, 0.25) is 0 Å². The molecule has 24 heavy (non-hydrogen) atoms. The third kappa shape index (κ3) is 6.04. The lowest BCUT2D eigenvalue weighted by Crippen LogP contribution is -2.29. The second kappa shape index (κ2) is 10.9. The van der Waals surface area contributed by atoms with Gasteiger partial charge in [-0.05, 0) is 61.9 Å². The molecule has 1 fully saturated rings. The summed E-state index contributed by atoms with van der Waals surface area (Å²) in [5, 5.41) is 13.1. The molecule has 0 aromatic heterocycles. The van der Waals surface area contributed by atoms with E-state index in [1.54, 1.807) is 6.07 Å². The monoisotopic (exact) mass is 337 g/mol. The minimum atomic E-state index is -0.203. The molecule has 2 N–H and O–H groups in total. The van der Waals surface area contributed by atoms with Crippen LogP contribution in [0.4, 0.5) is 0 Å². The van der Waals surface area contributed by atoms with E-state index in [2.05, 4.69) is 5.32 Å². The number of phenols is 1. The first kappa shape index (κ1) is 20.3. The molecule has 0 amide bonds. The van der Waals surface area contributed by atoms with Crippen LogP contribution in [-0.2, 0) is 9.53 Å². The molecule has 5 nitrogen and oxygen atoms in total. The highest BCUT2D eigenvalue weighted by Gasteiger charge is 2.23. The maximum Gasteiger partial charge on any atom is 0.306 e. The van der Waals surface area contributed by atoms with Gasteiger partial charge in [-0.15, -0.1) is 0 Å². The topological polar surface area (TPSA) is 67.8 Å². The first-order chi connectivity index (χ1) is 11.6. The fourth-order valence-corrected chi connectivity index (χ4v) is 3.09. The Bertz CT molecular complexity index is 498. The van der Waals surface area contributed by atoms with E-state index in [1.807, 2.05) is 26.0 Å². The molecule has 1 saturated heterocycles. The van der Waals surface area contributed by atoms with Gasteiger partial charge in [-0.25, -0.2) is 0 Å². The van der Waals surface area contributed by atoms with Crippen molar-refractivity contribution in [3.05, 3.63) is 23.8 Å². The molecule has 1 heterocycles. The van der Waals surface area contributed by atoms with Crippen LogP contribution in [0.1, 0.15) is 51.0 Å². The first-order valence-corrected chi connectivity index (χ1v) is 8.78. The lowest BCUT2D eigenvalue weighted by molar-refractivity contribution is -0.141. The molecule has 0 saturated carbocycles. The minimum Gasteiger partial charge on any atom is -0.504 e. The summed E-state index contributed by atoms with van der Waals surface area (Å²) in [4.78, 5) is 11.7. The molecule has 0 spiro atoms. The quantitative estimate of drug-likeness (QED) is 0.778. The van der Waals surface area contributed by atoms with Crippen LogP contribution in [0.5, 0.6) is 11.5 Å². The third-order valence-electron chi connectivity index (χ3n) is 4.39. The summed E-state index contributed by atoms with van der Waals surface area (Å²) in [6.07, 6.45) is 3.57. The Kier molecular flexibility index (Phi) is 9.23. The molecule has 1 unspecified atom stereocenters. The molecular weight excluding hydrogens is 306 g/mol. The Labute approximate surface area is 145 Å². The average molecular weight is 337 g/mol. The van der Waals surface area contributed by atoms with Crippen molar-refractivity contribution >= 4 is 5.97 Å². The Morgan fingerprint density at radius 3 is 2.54 bits per heavy atom. The minimum absolute atomic E-state index is 0.0880. The molecule has 0 bridgehead atoms. The van der Waals surface area contributed by atoms with E-state index in [-0.39, 0.29) is 17.6 Å². The fraction of sp³-hybridized carbons (Fsp3) is 0.632. The number of hydrogen-bond acceptors (Lipinski definition) is 5. The average Bonchev–Trinajstić information content (AvgIpc) is 2.64. The fourth-order valence-electron chi connectivity index (χ4n) is 3.09. The number of rotatable bonds is 6. The highest BCUT2D eigenvalue weighted by molar-refractivity contribution is 5.70. The molecule has 0 aliphatic carbocycles. The number of ether oxygens (including phenoxy) is 2. The third-order valence-corrected chi connectivity index (χ3v) is 4.39. The Hall–Kier alpha value is -1.75. The first-order valence-electron chi connectivity index (χ1n) is 8.78. The van der Waals surface area contributed by atoms with Gasteiger partial charge in [0.2, 0.25) is 0 Å². The maximum atomic E-state index is 11.7. The smallest absolute Gasteiger partial charge is 0.306 e. The van der Waals surface area contributed by atoms with Crippen molar-refractivity contribution in [1.82, 2.24) is 5.32 Å². The number of methoxy groups -OCH3 is 2. The molecular formula is C19H31NO4. The zero-order chi connectivity index (χ0) is 17.9. The predicted octanol–water partition coefficient (Wildman–Crippen LogP) is 3.46. The highest BCUT2D eigenvalue weighted by Crippen LogP contribution is 2.35. The van der Waals surface area contributed by atoms with Gasteiger partial charge in [-0.1, -0.05) is 19.9 Å². The number of hydrogen-bond donors (Lipinski definition) is 2. The van der Waals surface area contributed by atoms with Crippen molar-refractivity contribution in [2.24, 2.45) is 5.92 Å². The van der Waals surface area contributed by atoms with E-state index in [4.69, 9.17) is 9.47 Å². The number of esters is 1. The molecule has 1 aliphatic rings. The van der Waals surface area contributed by atoms with Gasteiger partial charge in [0.15, 0.2) is 11.5 Å². The molecule has 1 aromatic rings. The van der Waals surface area contributed by atoms with Crippen LogP contribution in [0.3, 0.4) is 0 Å². The summed E-state index contributed by atoms with van der Waals surface area (Å²) in [6, 6.07) is 5.32. The Balaban J connectivity index is 0.00000139. The lowest BCUT2D eigenvalue weighted by atomic mass is 9.82. The number of carbonyl (C=O) groups is 1. The number of carbonyl (C=O) groups excluding carboxylic acids is 1. The van der Waals surface area contributed by atoms with Crippen molar-refractivity contribution in [1.29, 1.82) is 0 Å². The van der Waals surface area contributed by atoms with Crippen LogP contribution < -0.4 is 10.1 Å². The Morgan fingerprint density at radius 1 is 1.29 bits per heavy atom. The summed E-state index contributed by atoms with van der Waals surface area (Å²) >= 11 is 0. The number of aromatic hydroxyl groups is 1. The van der Waals surface area contributed by atoms with E-state index in [1.165, 1.54) is 14.2 Å². The van der Waals surface area contributed by atoms with Gasteiger partial charge in [0.1, 0.15) is 0 Å². The predicted molar refractivity (Wildman–Crippen MR) is 95.6 cm³/mol. The van der Waals surface area contributed by atoms with Crippen LogP contribution in [0.15, 0.2) is 18.2 Å². The van der Waals surface area contributed by atoms with Crippen molar-refractivity contribution in [3.63, 3.8) is 0 Å². The van der Waals surface area contributed by atoms with Gasteiger partial charge in [0, 0.05) is 0 Å². The van der Waals surface area contributed by atoms with Gasteiger partial charge >= 0.3 is 5.97 Å². The molecule has 5 heteroatoms. The van der Waals surface area contributed by atoms with Gasteiger partial charge in [0.05, 0.1) is 20.6 Å². The summed E-state index contributed by atoms with van der Waals surface area (Å²) in [6.45, 7) is 6.07. The maximum absolute atomic E-state index is 11.7. The van der Waals surface area contributed by atoms with Crippen molar-refractivity contribution < 1.29 is 19.4 Å². The molecule has 1 aliphatic heterocycles. The summed E-state index contributed by atoms with van der Waals surface area (Å²) in [5.74, 6) is 1.05. The number of benzene rings is 1. The second-order valence-corrected chi connectivity index (χ2v) is 5.84. The molecule has 1 aromatic carbocycles. The number of piperidine rings is 1. The van der Waals surface area contributed by atoms with Crippen LogP contribution in [0, 0.1) is 5.92 Å².